The van der Waals surface area contributed by atoms with Gasteiger partial charge in [-0.15, -0.1) is 0 Å². The number of hydrogen-bond acceptors (Lipinski definition) is 6. The van der Waals surface area contributed by atoms with Crippen LogP contribution in [0.4, 0.5) is 0 Å². The van der Waals surface area contributed by atoms with E-state index in [1.54, 1.807) is 30.3 Å². The van der Waals surface area contributed by atoms with E-state index in [2.05, 4.69) is 0 Å². The molecule has 2 aliphatic carbocycles. The molecular weight excluding hydrogens is 360 g/mol. The maximum atomic E-state index is 13.3. The van der Waals surface area contributed by atoms with Gasteiger partial charge < -0.3 is 9.47 Å². The van der Waals surface area contributed by atoms with E-state index >= 15 is 0 Å². The van der Waals surface area contributed by atoms with Crippen LogP contribution in [0, 0.1) is 0 Å². The number of carbonyl (C=O) groups is 4. The average molecular weight is 376 g/mol. The fraction of sp³-hybridized carbons (Fsp3) is 0.182. The van der Waals surface area contributed by atoms with E-state index in [9.17, 15) is 19.2 Å². The third-order valence-electron chi connectivity index (χ3n) is 4.76. The first-order valence-electron chi connectivity index (χ1n) is 8.84. The summed E-state index contributed by atoms with van der Waals surface area (Å²) in [7, 11) is 0. The number of benzene rings is 2. The lowest BCUT2D eigenvalue weighted by Crippen LogP contribution is -2.26. The van der Waals surface area contributed by atoms with Gasteiger partial charge in [0.2, 0.25) is 0 Å². The number of carbonyl (C=O) groups excluding carboxylic acids is 4. The van der Waals surface area contributed by atoms with Crippen LogP contribution in [0.3, 0.4) is 0 Å². The Morgan fingerprint density at radius 1 is 0.857 bits per heavy atom. The average Bonchev–Trinajstić information content (AvgIpc) is 2.67. The zero-order valence-electron chi connectivity index (χ0n) is 15.3. The zero-order chi connectivity index (χ0) is 20.0. The lowest BCUT2D eigenvalue weighted by atomic mass is 9.79. The molecule has 0 fully saturated rings. The van der Waals surface area contributed by atoms with Crippen molar-refractivity contribution in [3.05, 3.63) is 63.7 Å². The number of hydrogen-bond donors (Lipinski definition) is 0. The van der Waals surface area contributed by atoms with Crippen LogP contribution in [0.2, 0.25) is 0 Å². The first kappa shape index (κ1) is 17.9. The maximum absolute atomic E-state index is 13.3. The molecule has 0 atom stereocenters. The second-order valence-electron chi connectivity index (χ2n) is 6.63. The smallest absolute Gasteiger partial charge is 0.308 e. The molecule has 0 amide bonds. The zero-order valence-corrected chi connectivity index (χ0v) is 15.3. The van der Waals surface area contributed by atoms with Crippen molar-refractivity contribution < 1.29 is 28.7 Å². The quantitative estimate of drug-likeness (QED) is 0.504. The van der Waals surface area contributed by atoms with Gasteiger partial charge in [-0.3, -0.25) is 19.2 Å². The van der Waals surface area contributed by atoms with Crippen LogP contribution in [0.15, 0.2) is 30.3 Å². The minimum atomic E-state index is -0.609. The number of allylic oxidation sites excluding steroid dienone is 1. The van der Waals surface area contributed by atoms with Crippen molar-refractivity contribution in [2.75, 3.05) is 0 Å². The molecule has 2 aromatic carbocycles. The summed E-state index contributed by atoms with van der Waals surface area (Å²) in [6.07, 6.45) is 4.75. The molecule has 0 N–H and O–H groups in total. The van der Waals surface area contributed by atoms with Gasteiger partial charge in [0.1, 0.15) is 5.75 Å². The standard InChI is InChI=1S/C22H16O6/c1-11(23)27-21-15-9-5-6-10-16(15)22(28-12(2)24)18-17(21)19(25)13-7-3-4-8-14(13)20(18)26/h3-5,7-9H,6,10H2,1-2H3. The second-order valence-corrected chi connectivity index (χ2v) is 6.63. The van der Waals surface area contributed by atoms with Gasteiger partial charge in [0.15, 0.2) is 17.3 Å². The molecule has 0 unspecified atom stereocenters. The first-order valence-corrected chi connectivity index (χ1v) is 8.84. The fourth-order valence-corrected chi connectivity index (χ4v) is 3.71. The lowest BCUT2D eigenvalue weighted by molar-refractivity contribution is -0.133. The molecule has 140 valence electrons. The monoisotopic (exact) mass is 376 g/mol. The highest BCUT2D eigenvalue weighted by molar-refractivity contribution is 6.31. The Kier molecular flexibility index (Phi) is 4.19. The van der Waals surface area contributed by atoms with E-state index in [-0.39, 0.29) is 33.8 Å². The van der Waals surface area contributed by atoms with Gasteiger partial charge in [-0.1, -0.05) is 36.4 Å². The summed E-state index contributed by atoms with van der Waals surface area (Å²) in [5.41, 5.74) is 1.45. The molecule has 6 heteroatoms. The van der Waals surface area contributed by atoms with E-state index in [0.29, 0.717) is 24.0 Å². The number of rotatable bonds is 2. The molecule has 2 aromatic rings. The van der Waals surface area contributed by atoms with Crippen LogP contribution >= 0.6 is 0 Å². The molecule has 0 heterocycles. The molecule has 28 heavy (non-hydrogen) atoms. The molecule has 0 saturated carbocycles. The van der Waals surface area contributed by atoms with Crippen molar-refractivity contribution in [2.45, 2.75) is 26.7 Å². The number of esters is 2. The molecule has 2 aliphatic rings. The Morgan fingerprint density at radius 2 is 1.39 bits per heavy atom. The first-order chi connectivity index (χ1) is 13.4. The molecule has 6 nitrogen and oxygen atoms in total. The molecule has 0 bridgehead atoms. The van der Waals surface area contributed by atoms with Gasteiger partial charge in [-0.25, -0.2) is 0 Å². The lowest BCUT2D eigenvalue weighted by Gasteiger charge is -2.27. The van der Waals surface area contributed by atoms with E-state index in [1.165, 1.54) is 13.8 Å². The van der Waals surface area contributed by atoms with Crippen LogP contribution in [-0.4, -0.2) is 23.5 Å². The normalized spacial score (nSPS) is 14.1. The van der Waals surface area contributed by atoms with Crippen LogP contribution in [0.5, 0.6) is 11.5 Å². The van der Waals surface area contributed by atoms with Gasteiger partial charge in [-0.05, 0) is 12.8 Å². The van der Waals surface area contributed by atoms with Crippen molar-refractivity contribution in [3.8, 4) is 11.5 Å². The van der Waals surface area contributed by atoms with Crippen molar-refractivity contribution in [3.63, 3.8) is 0 Å². The van der Waals surface area contributed by atoms with Crippen LogP contribution in [-0.2, 0) is 16.0 Å². The summed E-state index contributed by atoms with van der Waals surface area (Å²) >= 11 is 0. The highest BCUT2D eigenvalue weighted by atomic mass is 16.5. The number of ketones is 2. The van der Waals surface area contributed by atoms with E-state index < -0.39 is 23.5 Å². The van der Waals surface area contributed by atoms with Crippen molar-refractivity contribution in [2.24, 2.45) is 0 Å². The minimum Gasteiger partial charge on any atom is -0.426 e. The molecule has 0 spiro atoms. The minimum absolute atomic E-state index is 0.0239. The molecule has 0 aliphatic heterocycles. The summed E-state index contributed by atoms with van der Waals surface area (Å²) in [5.74, 6) is -1.98. The molecular formula is C22H16O6. The van der Waals surface area contributed by atoms with Gasteiger partial charge in [0.05, 0.1) is 11.1 Å². The highest BCUT2D eigenvalue weighted by Crippen LogP contribution is 2.46. The van der Waals surface area contributed by atoms with Crippen LogP contribution in [0.1, 0.15) is 63.2 Å². The SMILES string of the molecule is CC(=O)Oc1c2c(c(OC(C)=O)c3c1C(=O)c1ccccc1C3=O)CCC=C2. The van der Waals surface area contributed by atoms with Gasteiger partial charge in [0, 0.05) is 36.1 Å². The summed E-state index contributed by atoms with van der Waals surface area (Å²) in [6.45, 7) is 2.47. The Labute approximate surface area is 160 Å². The molecule has 0 aromatic heterocycles. The van der Waals surface area contributed by atoms with Gasteiger partial charge in [0.25, 0.3) is 0 Å². The number of ether oxygens (including phenoxy) is 2. The predicted molar refractivity (Wildman–Crippen MR) is 99.7 cm³/mol. The Morgan fingerprint density at radius 3 is 1.96 bits per heavy atom. The number of fused-ring (bicyclic) bond motifs is 3. The third-order valence-corrected chi connectivity index (χ3v) is 4.76. The Balaban J connectivity index is 2.13. The molecule has 0 saturated heterocycles. The van der Waals surface area contributed by atoms with Crippen LogP contribution in [0.25, 0.3) is 6.08 Å². The summed E-state index contributed by atoms with van der Waals surface area (Å²) in [5, 5.41) is 0. The maximum Gasteiger partial charge on any atom is 0.308 e. The highest BCUT2D eigenvalue weighted by Gasteiger charge is 2.39. The fourth-order valence-electron chi connectivity index (χ4n) is 3.71. The van der Waals surface area contributed by atoms with Crippen molar-refractivity contribution >= 4 is 29.6 Å². The van der Waals surface area contributed by atoms with E-state index in [4.69, 9.17) is 9.47 Å². The summed E-state index contributed by atoms with van der Waals surface area (Å²) in [4.78, 5) is 50.1. The molecule has 4 rings (SSSR count). The molecule has 0 radical (unpaired) electrons. The van der Waals surface area contributed by atoms with E-state index in [0.717, 1.165) is 0 Å². The Bertz CT molecular complexity index is 1110. The topological polar surface area (TPSA) is 86.7 Å². The largest absolute Gasteiger partial charge is 0.426 e. The van der Waals surface area contributed by atoms with E-state index in [1.807, 2.05) is 6.08 Å². The van der Waals surface area contributed by atoms with Crippen LogP contribution < -0.4 is 9.47 Å². The van der Waals surface area contributed by atoms with Gasteiger partial charge >= 0.3 is 11.9 Å². The van der Waals surface area contributed by atoms with Crippen molar-refractivity contribution in [1.29, 1.82) is 0 Å². The predicted octanol–water partition coefficient (Wildman–Crippen LogP) is 3.27. The summed E-state index contributed by atoms with van der Waals surface area (Å²) in [6, 6.07) is 6.43. The summed E-state index contributed by atoms with van der Waals surface area (Å²) < 4.78 is 10.8. The van der Waals surface area contributed by atoms with Gasteiger partial charge in [-0.2, -0.15) is 0 Å². The Hall–Kier alpha value is -3.54. The second kappa shape index (κ2) is 6.56. The third kappa shape index (κ3) is 2.65. The van der Waals surface area contributed by atoms with Crippen molar-refractivity contribution in [1.82, 2.24) is 0 Å².